The Labute approximate surface area is 145 Å². The highest BCUT2D eigenvalue weighted by Crippen LogP contribution is 2.22. The zero-order chi connectivity index (χ0) is 16.9. The van der Waals surface area contributed by atoms with E-state index in [1.54, 1.807) is 0 Å². The topological polar surface area (TPSA) is 39.6 Å². The van der Waals surface area contributed by atoms with Crippen LogP contribution in [0.3, 0.4) is 0 Å². The lowest BCUT2D eigenvalue weighted by molar-refractivity contribution is 0.0479. The van der Waals surface area contributed by atoms with Crippen molar-refractivity contribution in [1.82, 2.24) is 14.8 Å². The molecule has 1 N–H and O–H groups in total. The van der Waals surface area contributed by atoms with Crippen LogP contribution in [-0.4, -0.2) is 58.7 Å². The normalized spacial score (nSPS) is 20.1. The minimum Gasteiger partial charge on any atom is -0.396 e. The van der Waals surface area contributed by atoms with Gasteiger partial charge in [0.25, 0.3) is 0 Å². The predicted molar refractivity (Wildman–Crippen MR) is 98.9 cm³/mol. The average molecular weight is 327 g/mol. The molecule has 24 heavy (non-hydrogen) atoms. The van der Waals surface area contributed by atoms with Gasteiger partial charge in [-0.05, 0) is 29.4 Å². The first-order valence-corrected chi connectivity index (χ1v) is 9.06. The number of fused-ring (bicyclic) bond motifs is 1. The first-order valence-electron chi connectivity index (χ1n) is 9.06. The summed E-state index contributed by atoms with van der Waals surface area (Å²) in [6.45, 7) is 10.1. The second-order valence-electron chi connectivity index (χ2n) is 7.30. The largest absolute Gasteiger partial charge is 0.396 e. The van der Waals surface area contributed by atoms with Gasteiger partial charge in [-0.3, -0.25) is 14.8 Å². The van der Waals surface area contributed by atoms with E-state index >= 15 is 0 Å². The van der Waals surface area contributed by atoms with Crippen LogP contribution in [0.15, 0.2) is 36.7 Å². The van der Waals surface area contributed by atoms with Crippen LogP contribution >= 0.6 is 0 Å². The standard InChI is InChI=1S/C20H29N3O/c1-16(2)13-23-10-9-22(15-19(23)7-11-24)14-18-5-3-4-17-12-21-8-6-20(17)18/h3-6,8,12,16,19,24H,7,9-11,13-15H2,1-2H3. The Balaban J connectivity index is 1.71. The van der Waals surface area contributed by atoms with Crippen molar-refractivity contribution in [1.29, 1.82) is 0 Å². The summed E-state index contributed by atoms with van der Waals surface area (Å²) < 4.78 is 0. The van der Waals surface area contributed by atoms with E-state index in [1.807, 2.05) is 12.4 Å². The molecule has 3 rings (SSSR count). The third-order valence-corrected chi connectivity index (χ3v) is 4.92. The molecule has 1 atom stereocenters. The fourth-order valence-electron chi connectivity index (χ4n) is 3.80. The smallest absolute Gasteiger partial charge is 0.0446 e. The summed E-state index contributed by atoms with van der Waals surface area (Å²) in [5.74, 6) is 0.670. The first kappa shape index (κ1) is 17.3. The molecule has 0 amide bonds. The fraction of sp³-hybridized carbons (Fsp3) is 0.550. The quantitative estimate of drug-likeness (QED) is 0.885. The third-order valence-electron chi connectivity index (χ3n) is 4.92. The highest BCUT2D eigenvalue weighted by Gasteiger charge is 2.27. The lowest BCUT2D eigenvalue weighted by Crippen LogP contribution is -2.53. The van der Waals surface area contributed by atoms with E-state index in [1.165, 1.54) is 16.3 Å². The first-order chi connectivity index (χ1) is 11.7. The Bertz CT molecular complexity index is 653. The van der Waals surface area contributed by atoms with Crippen LogP contribution in [0.1, 0.15) is 25.8 Å². The number of piperazine rings is 1. The molecule has 130 valence electrons. The number of aliphatic hydroxyl groups is 1. The molecule has 4 heteroatoms. The molecule has 4 nitrogen and oxygen atoms in total. The van der Waals surface area contributed by atoms with Crippen molar-refractivity contribution < 1.29 is 5.11 Å². The molecule has 1 aliphatic rings. The number of nitrogens with zero attached hydrogens (tertiary/aromatic N) is 3. The van der Waals surface area contributed by atoms with Crippen molar-refractivity contribution in [2.75, 3.05) is 32.8 Å². The number of hydrogen-bond acceptors (Lipinski definition) is 4. The van der Waals surface area contributed by atoms with Crippen molar-refractivity contribution in [2.24, 2.45) is 5.92 Å². The van der Waals surface area contributed by atoms with Gasteiger partial charge in [0.2, 0.25) is 0 Å². The summed E-state index contributed by atoms with van der Waals surface area (Å²) >= 11 is 0. The van der Waals surface area contributed by atoms with Gasteiger partial charge in [-0.15, -0.1) is 0 Å². The summed E-state index contributed by atoms with van der Waals surface area (Å²) in [5.41, 5.74) is 1.37. The van der Waals surface area contributed by atoms with Gasteiger partial charge in [-0.2, -0.15) is 0 Å². The lowest BCUT2D eigenvalue weighted by atomic mass is 10.0. The number of pyridine rings is 1. The third kappa shape index (κ3) is 4.12. The van der Waals surface area contributed by atoms with Gasteiger partial charge in [-0.25, -0.2) is 0 Å². The summed E-state index contributed by atoms with van der Waals surface area (Å²) in [4.78, 5) is 9.32. The molecule has 2 heterocycles. The van der Waals surface area contributed by atoms with Crippen LogP contribution in [0.4, 0.5) is 0 Å². The van der Waals surface area contributed by atoms with Gasteiger partial charge in [-0.1, -0.05) is 32.0 Å². The molecular weight excluding hydrogens is 298 g/mol. The summed E-state index contributed by atoms with van der Waals surface area (Å²) in [6, 6.07) is 9.05. The lowest BCUT2D eigenvalue weighted by Gasteiger charge is -2.42. The molecule has 0 spiro atoms. The van der Waals surface area contributed by atoms with Crippen molar-refractivity contribution >= 4 is 10.8 Å². The number of aromatic nitrogens is 1. The highest BCUT2D eigenvalue weighted by molar-refractivity contribution is 5.84. The van der Waals surface area contributed by atoms with E-state index in [4.69, 9.17) is 0 Å². The van der Waals surface area contributed by atoms with Crippen molar-refractivity contribution in [3.05, 3.63) is 42.2 Å². The van der Waals surface area contributed by atoms with Crippen molar-refractivity contribution in [3.63, 3.8) is 0 Å². The fourth-order valence-corrected chi connectivity index (χ4v) is 3.80. The molecule has 0 aliphatic carbocycles. The second kappa shape index (κ2) is 8.06. The van der Waals surface area contributed by atoms with E-state index in [-0.39, 0.29) is 6.61 Å². The number of aliphatic hydroxyl groups excluding tert-OH is 1. The van der Waals surface area contributed by atoms with Crippen LogP contribution < -0.4 is 0 Å². The summed E-state index contributed by atoms with van der Waals surface area (Å²) in [7, 11) is 0. The molecule has 0 saturated carbocycles. The van der Waals surface area contributed by atoms with Crippen LogP contribution in [0, 0.1) is 5.92 Å². The SMILES string of the molecule is CC(C)CN1CCN(Cc2cccc3cnccc23)CC1CCO. The van der Waals surface area contributed by atoms with Gasteiger partial charge in [0.1, 0.15) is 0 Å². The van der Waals surface area contributed by atoms with Gasteiger partial charge < -0.3 is 5.11 Å². The Hall–Kier alpha value is -1.49. The number of hydrogen-bond donors (Lipinski definition) is 1. The van der Waals surface area contributed by atoms with E-state index in [9.17, 15) is 5.11 Å². The molecule has 0 bridgehead atoms. The van der Waals surface area contributed by atoms with Crippen LogP contribution in [-0.2, 0) is 6.54 Å². The van der Waals surface area contributed by atoms with Crippen molar-refractivity contribution in [3.8, 4) is 0 Å². The zero-order valence-electron chi connectivity index (χ0n) is 14.9. The van der Waals surface area contributed by atoms with Crippen LogP contribution in [0.25, 0.3) is 10.8 Å². The summed E-state index contributed by atoms with van der Waals surface area (Å²) in [5, 5.41) is 11.9. The predicted octanol–water partition coefficient (Wildman–Crippen LogP) is 2.76. The Morgan fingerprint density at radius 2 is 2.12 bits per heavy atom. The van der Waals surface area contributed by atoms with Crippen LogP contribution in [0.2, 0.25) is 0 Å². The molecule has 1 fully saturated rings. The maximum atomic E-state index is 9.44. The molecule has 1 aromatic heterocycles. The zero-order valence-corrected chi connectivity index (χ0v) is 14.9. The van der Waals surface area contributed by atoms with Gasteiger partial charge in [0.15, 0.2) is 0 Å². The van der Waals surface area contributed by atoms with E-state index < -0.39 is 0 Å². The van der Waals surface area contributed by atoms with Gasteiger partial charge in [0.05, 0.1) is 0 Å². The maximum absolute atomic E-state index is 9.44. The van der Waals surface area contributed by atoms with Gasteiger partial charge >= 0.3 is 0 Å². The molecule has 1 aromatic carbocycles. The van der Waals surface area contributed by atoms with Crippen molar-refractivity contribution in [2.45, 2.75) is 32.9 Å². The van der Waals surface area contributed by atoms with E-state index in [0.29, 0.717) is 12.0 Å². The van der Waals surface area contributed by atoms with Gasteiger partial charge in [0, 0.05) is 63.2 Å². The number of rotatable bonds is 6. The Morgan fingerprint density at radius 1 is 1.25 bits per heavy atom. The molecule has 1 aliphatic heterocycles. The van der Waals surface area contributed by atoms with E-state index in [2.05, 4.69) is 52.9 Å². The average Bonchev–Trinajstić information content (AvgIpc) is 2.57. The molecular formula is C20H29N3O. The maximum Gasteiger partial charge on any atom is 0.0446 e. The number of benzene rings is 1. The summed E-state index contributed by atoms with van der Waals surface area (Å²) in [6.07, 6.45) is 4.68. The minimum atomic E-state index is 0.271. The molecule has 2 aromatic rings. The monoisotopic (exact) mass is 327 g/mol. The second-order valence-corrected chi connectivity index (χ2v) is 7.30. The van der Waals surface area contributed by atoms with E-state index in [0.717, 1.165) is 39.1 Å². The Morgan fingerprint density at radius 3 is 2.92 bits per heavy atom. The molecule has 0 radical (unpaired) electrons. The highest BCUT2D eigenvalue weighted by atomic mass is 16.3. The minimum absolute atomic E-state index is 0.271. The molecule has 1 saturated heterocycles. The Kier molecular flexibility index (Phi) is 5.82. The molecule has 1 unspecified atom stereocenters. The van der Waals surface area contributed by atoms with Crippen LogP contribution in [0.5, 0.6) is 0 Å².